The van der Waals surface area contributed by atoms with Crippen LogP contribution in [-0.4, -0.2) is 60.0 Å². The Morgan fingerprint density at radius 1 is 1.00 bits per heavy atom. The summed E-state index contributed by atoms with van der Waals surface area (Å²) in [7, 11) is 0. The normalized spacial score (nSPS) is 16.7. The highest BCUT2D eigenvalue weighted by Gasteiger charge is 2.43. The third-order valence-corrected chi connectivity index (χ3v) is 6.74. The summed E-state index contributed by atoms with van der Waals surface area (Å²) in [6, 6.07) is 16.3. The minimum atomic E-state index is -1.16. The molecule has 0 atom stereocenters. The van der Waals surface area contributed by atoms with Crippen molar-refractivity contribution in [2.24, 2.45) is 5.41 Å². The van der Waals surface area contributed by atoms with E-state index in [1.807, 2.05) is 24.3 Å². The summed E-state index contributed by atoms with van der Waals surface area (Å²) in [5, 5.41) is 12.4. The summed E-state index contributed by atoms with van der Waals surface area (Å²) in [5.41, 5.74) is 2.76. The van der Waals surface area contributed by atoms with Crippen LogP contribution < -0.4 is 5.32 Å². The van der Waals surface area contributed by atoms with Crippen LogP contribution in [0.5, 0.6) is 0 Å². The number of ether oxygens (including phenoxy) is 2. The fraction of sp³-hybridized carbons (Fsp3) is 0.444. The maximum Gasteiger partial charge on any atom is 0.409 e. The molecule has 4 rings (SSSR count). The van der Waals surface area contributed by atoms with E-state index in [0.29, 0.717) is 0 Å². The number of aliphatic carboxylic acids is 1. The summed E-state index contributed by atoms with van der Waals surface area (Å²) in [6.07, 6.45) is -0.687. The zero-order valence-corrected chi connectivity index (χ0v) is 20.4. The van der Waals surface area contributed by atoms with E-state index in [-0.39, 0.29) is 45.0 Å². The fourth-order valence-electron chi connectivity index (χ4n) is 4.82. The van der Waals surface area contributed by atoms with Crippen LogP contribution in [-0.2, 0) is 14.3 Å². The lowest BCUT2D eigenvalue weighted by Gasteiger charge is -2.38. The Morgan fingerprint density at radius 3 is 2.06 bits per heavy atom. The number of benzene rings is 2. The van der Waals surface area contributed by atoms with Crippen LogP contribution in [0.1, 0.15) is 50.7 Å². The summed E-state index contributed by atoms with van der Waals surface area (Å²) < 4.78 is 10.9. The number of nitrogens with zero attached hydrogens (tertiary/aromatic N) is 1. The Balaban J connectivity index is 1.34. The van der Waals surface area contributed by atoms with Crippen molar-refractivity contribution in [3.05, 3.63) is 59.7 Å². The average Bonchev–Trinajstić information content (AvgIpc) is 3.14. The zero-order chi connectivity index (χ0) is 25.2. The molecule has 2 N–H and O–H groups in total. The van der Waals surface area contributed by atoms with Gasteiger partial charge in [0.2, 0.25) is 0 Å². The molecule has 2 aliphatic rings. The molecule has 1 aliphatic heterocycles. The topological polar surface area (TPSA) is 105 Å². The number of piperidine rings is 1. The third kappa shape index (κ3) is 5.26. The number of carbonyl (C=O) groups excluding carboxylic acids is 2. The van der Waals surface area contributed by atoms with E-state index >= 15 is 0 Å². The molecule has 2 aromatic carbocycles. The first-order valence-corrected chi connectivity index (χ1v) is 11.9. The number of fused-ring (bicyclic) bond motifs is 3. The minimum Gasteiger partial charge on any atom is -0.481 e. The standard InChI is InChI=1S/C27H32N2O6/c1-26(2,3)35-24(32)28-17-27(23(30)31)12-14-29(15-13-27)25(33)34-16-22-20-10-6-4-8-18(20)19-9-5-7-11-21(19)22/h4-11,22H,12-17H2,1-3H3,(H,28,32)(H,30,31). The van der Waals surface area contributed by atoms with Crippen LogP contribution in [0.4, 0.5) is 9.59 Å². The highest BCUT2D eigenvalue weighted by molar-refractivity contribution is 5.79. The maximum atomic E-state index is 12.8. The first-order chi connectivity index (χ1) is 16.6. The second-order valence-corrected chi connectivity index (χ2v) is 10.2. The molecule has 0 aromatic heterocycles. The number of likely N-dealkylation sites (tertiary alicyclic amines) is 1. The first-order valence-electron chi connectivity index (χ1n) is 11.9. The van der Waals surface area contributed by atoms with E-state index in [1.54, 1.807) is 25.7 Å². The fourth-order valence-corrected chi connectivity index (χ4v) is 4.82. The molecule has 0 saturated carbocycles. The number of rotatable bonds is 5. The number of carboxylic acids is 1. The van der Waals surface area contributed by atoms with Gasteiger partial charge in [-0.2, -0.15) is 0 Å². The molecule has 0 unspecified atom stereocenters. The van der Waals surface area contributed by atoms with E-state index in [1.165, 1.54) is 0 Å². The monoisotopic (exact) mass is 480 g/mol. The second kappa shape index (κ2) is 9.60. The molecule has 35 heavy (non-hydrogen) atoms. The van der Waals surface area contributed by atoms with Gasteiger partial charge in [0.15, 0.2) is 0 Å². The van der Waals surface area contributed by atoms with E-state index in [9.17, 15) is 19.5 Å². The molecule has 0 bridgehead atoms. The van der Waals surface area contributed by atoms with Crippen molar-refractivity contribution in [3.63, 3.8) is 0 Å². The first kappa shape index (κ1) is 24.6. The van der Waals surface area contributed by atoms with Crippen molar-refractivity contribution in [1.29, 1.82) is 0 Å². The lowest BCUT2D eigenvalue weighted by atomic mass is 9.78. The molecular weight excluding hydrogens is 448 g/mol. The van der Waals surface area contributed by atoms with Crippen LogP contribution >= 0.6 is 0 Å². The second-order valence-electron chi connectivity index (χ2n) is 10.2. The SMILES string of the molecule is CC(C)(C)OC(=O)NCC1(C(=O)O)CCN(C(=O)OCC2c3ccccc3-c3ccccc32)CC1. The lowest BCUT2D eigenvalue weighted by Crippen LogP contribution is -2.52. The highest BCUT2D eigenvalue weighted by atomic mass is 16.6. The molecular formula is C27H32N2O6. The quantitative estimate of drug-likeness (QED) is 0.647. The molecule has 0 spiro atoms. The van der Waals surface area contributed by atoms with Crippen molar-refractivity contribution >= 4 is 18.2 Å². The maximum absolute atomic E-state index is 12.8. The van der Waals surface area contributed by atoms with Gasteiger partial charge in [0, 0.05) is 25.6 Å². The average molecular weight is 481 g/mol. The molecule has 186 valence electrons. The summed E-state index contributed by atoms with van der Waals surface area (Å²) in [4.78, 5) is 38.5. The Hall–Kier alpha value is -3.55. The summed E-state index contributed by atoms with van der Waals surface area (Å²) in [5.74, 6) is -1.03. The number of nitrogens with one attached hydrogen (secondary N) is 1. The number of carboxylic acid groups (broad SMARTS) is 1. The number of carbonyl (C=O) groups is 3. The van der Waals surface area contributed by atoms with Gasteiger partial charge >= 0.3 is 18.2 Å². The van der Waals surface area contributed by atoms with Crippen LogP contribution in [0, 0.1) is 5.41 Å². The molecule has 1 aliphatic carbocycles. The van der Waals surface area contributed by atoms with Gasteiger partial charge in [0.1, 0.15) is 12.2 Å². The van der Waals surface area contributed by atoms with Crippen molar-refractivity contribution in [1.82, 2.24) is 10.2 Å². The van der Waals surface area contributed by atoms with Gasteiger partial charge in [0.25, 0.3) is 0 Å². The van der Waals surface area contributed by atoms with E-state index < -0.39 is 29.2 Å². The highest BCUT2D eigenvalue weighted by Crippen LogP contribution is 2.44. The Morgan fingerprint density at radius 2 is 1.54 bits per heavy atom. The smallest absolute Gasteiger partial charge is 0.409 e. The van der Waals surface area contributed by atoms with E-state index in [2.05, 4.69) is 29.6 Å². The predicted molar refractivity (Wildman–Crippen MR) is 130 cm³/mol. The van der Waals surface area contributed by atoms with Gasteiger partial charge in [-0.25, -0.2) is 9.59 Å². The predicted octanol–water partition coefficient (Wildman–Crippen LogP) is 4.63. The number of alkyl carbamates (subject to hydrolysis) is 1. The summed E-state index contributed by atoms with van der Waals surface area (Å²) >= 11 is 0. The van der Waals surface area contributed by atoms with Gasteiger partial charge in [0.05, 0.1) is 5.41 Å². The van der Waals surface area contributed by atoms with Gasteiger partial charge in [-0.1, -0.05) is 48.5 Å². The van der Waals surface area contributed by atoms with Gasteiger partial charge in [-0.15, -0.1) is 0 Å². The molecule has 1 heterocycles. The molecule has 2 aromatic rings. The van der Waals surface area contributed by atoms with Crippen LogP contribution in [0.25, 0.3) is 11.1 Å². The van der Waals surface area contributed by atoms with Crippen LogP contribution in [0.15, 0.2) is 48.5 Å². The third-order valence-electron chi connectivity index (χ3n) is 6.74. The van der Waals surface area contributed by atoms with Crippen molar-refractivity contribution in [2.45, 2.75) is 45.1 Å². The number of amides is 2. The largest absolute Gasteiger partial charge is 0.481 e. The Kier molecular flexibility index (Phi) is 6.74. The van der Waals surface area contributed by atoms with Crippen LogP contribution in [0.3, 0.4) is 0 Å². The summed E-state index contributed by atoms with van der Waals surface area (Å²) in [6.45, 7) is 5.85. The molecule has 8 heteroatoms. The van der Waals surface area contributed by atoms with Crippen molar-refractivity contribution < 1.29 is 29.0 Å². The Bertz CT molecular complexity index is 1070. The molecule has 1 saturated heterocycles. The Labute approximate surface area is 205 Å². The number of hydrogen-bond donors (Lipinski definition) is 2. The van der Waals surface area contributed by atoms with Gasteiger partial charge in [-0.3, -0.25) is 4.79 Å². The van der Waals surface area contributed by atoms with Gasteiger partial charge < -0.3 is 24.8 Å². The zero-order valence-electron chi connectivity index (χ0n) is 20.4. The molecule has 2 amide bonds. The van der Waals surface area contributed by atoms with Crippen LogP contribution in [0.2, 0.25) is 0 Å². The van der Waals surface area contributed by atoms with Gasteiger partial charge in [-0.05, 0) is 55.9 Å². The molecule has 0 radical (unpaired) electrons. The molecule has 8 nitrogen and oxygen atoms in total. The van der Waals surface area contributed by atoms with Crippen molar-refractivity contribution in [2.75, 3.05) is 26.2 Å². The lowest BCUT2D eigenvalue weighted by molar-refractivity contribution is -0.151. The number of hydrogen-bond acceptors (Lipinski definition) is 5. The van der Waals surface area contributed by atoms with E-state index in [4.69, 9.17) is 9.47 Å². The van der Waals surface area contributed by atoms with Crippen molar-refractivity contribution in [3.8, 4) is 11.1 Å². The molecule has 1 fully saturated rings. The van der Waals surface area contributed by atoms with E-state index in [0.717, 1.165) is 22.3 Å². The minimum absolute atomic E-state index is 0.0349.